The van der Waals surface area contributed by atoms with E-state index < -0.39 is 0 Å². The first-order valence-corrected chi connectivity index (χ1v) is 6.64. The summed E-state index contributed by atoms with van der Waals surface area (Å²) in [6, 6.07) is 0.924. The van der Waals surface area contributed by atoms with Gasteiger partial charge in [0.1, 0.15) is 5.38 Å². The molecule has 1 aromatic heterocycles. The Balaban J connectivity index is 1.95. The topological polar surface area (TPSA) is 51.0 Å². The van der Waals surface area contributed by atoms with Crippen LogP contribution in [-0.2, 0) is 0 Å². The first-order valence-electron chi connectivity index (χ1n) is 6.20. The van der Waals surface area contributed by atoms with Crippen molar-refractivity contribution >= 4 is 17.6 Å². The molecule has 0 bridgehead atoms. The van der Waals surface area contributed by atoms with Crippen LogP contribution in [0.5, 0.6) is 0 Å². The Morgan fingerprint density at radius 3 is 2.82 bits per heavy atom. The largest absolute Gasteiger partial charge is 0.406 e. The van der Waals surface area contributed by atoms with Crippen LogP contribution in [0.25, 0.3) is 0 Å². The summed E-state index contributed by atoms with van der Waals surface area (Å²) in [5.74, 6) is 0.476. The molecule has 4 nitrogen and oxygen atoms in total. The van der Waals surface area contributed by atoms with Crippen molar-refractivity contribution in [1.82, 2.24) is 10.2 Å². The highest BCUT2D eigenvalue weighted by Gasteiger charge is 2.28. The van der Waals surface area contributed by atoms with Crippen LogP contribution in [0, 0.1) is 5.41 Å². The van der Waals surface area contributed by atoms with Gasteiger partial charge in [0, 0.05) is 6.04 Å². The molecule has 17 heavy (non-hydrogen) atoms. The number of aromatic nitrogens is 2. The van der Waals surface area contributed by atoms with Crippen LogP contribution in [0.2, 0.25) is 0 Å². The Hall–Kier alpha value is -0.770. The summed E-state index contributed by atoms with van der Waals surface area (Å²) in [5, 5.41) is 11.0. The highest BCUT2D eigenvalue weighted by molar-refractivity contribution is 6.20. The van der Waals surface area contributed by atoms with Crippen molar-refractivity contribution in [3.63, 3.8) is 0 Å². The van der Waals surface area contributed by atoms with Crippen molar-refractivity contribution in [2.24, 2.45) is 5.41 Å². The zero-order valence-corrected chi connectivity index (χ0v) is 11.4. The molecule has 1 fully saturated rings. The highest BCUT2D eigenvalue weighted by Crippen LogP contribution is 2.36. The lowest BCUT2D eigenvalue weighted by atomic mass is 9.75. The average molecular weight is 258 g/mol. The van der Waals surface area contributed by atoms with E-state index in [1.807, 2.05) is 6.92 Å². The van der Waals surface area contributed by atoms with Crippen LogP contribution in [-0.4, -0.2) is 16.2 Å². The van der Waals surface area contributed by atoms with Gasteiger partial charge in [-0.05, 0) is 31.6 Å². The van der Waals surface area contributed by atoms with Crippen molar-refractivity contribution in [2.75, 3.05) is 5.32 Å². The second kappa shape index (κ2) is 4.84. The molecule has 1 N–H and O–H groups in total. The number of rotatable bonds is 3. The van der Waals surface area contributed by atoms with Crippen molar-refractivity contribution in [2.45, 2.75) is 57.9 Å². The van der Waals surface area contributed by atoms with Crippen LogP contribution in [0.3, 0.4) is 0 Å². The van der Waals surface area contributed by atoms with Gasteiger partial charge in [-0.3, -0.25) is 0 Å². The normalized spacial score (nSPS) is 25.5. The van der Waals surface area contributed by atoms with Crippen molar-refractivity contribution in [3.05, 3.63) is 5.89 Å². The molecule has 1 heterocycles. The summed E-state index contributed by atoms with van der Waals surface area (Å²) in [6.07, 6.45) is 4.84. The lowest BCUT2D eigenvalue weighted by molar-refractivity contribution is 0.227. The van der Waals surface area contributed by atoms with E-state index in [1.165, 1.54) is 12.8 Å². The molecule has 0 saturated heterocycles. The van der Waals surface area contributed by atoms with E-state index in [4.69, 9.17) is 16.0 Å². The first-order chi connectivity index (χ1) is 7.96. The maximum absolute atomic E-state index is 5.88. The van der Waals surface area contributed by atoms with Gasteiger partial charge in [0.2, 0.25) is 5.89 Å². The van der Waals surface area contributed by atoms with E-state index in [1.54, 1.807) is 0 Å². The Kier molecular flexibility index (Phi) is 3.61. The third-order valence-corrected chi connectivity index (χ3v) is 3.50. The summed E-state index contributed by atoms with van der Waals surface area (Å²) in [7, 11) is 0. The van der Waals surface area contributed by atoms with E-state index in [9.17, 15) is 0 Å². The van der Waals surface area contributed by atoms with Crippen molar-refractivity contribution in [3.8, 4) is 0 Å². The smallest absolute Gasteiger partial charge is 0.315 e. The molecule has 1 aliphatic carbocycles. The van der Waals surface area contributed by atoms with Gasteiger partial charge in [0.15, 0.2) is 0 Å². The molecular formula is C12H20ClN3O. The summed E-state index contributed by atoms with van der Waals surface area (Å²) in [4.78, 5) is 0. The molecule has 2 rings (SSSR count). The van der Waals surface area contributed by atoms with E-state index in [2.05, 4.69) is 29.4 Å². The van der Waals surface area contributed by atoms with E-state index in [-0.39, 0.29) is 5.38 Å². The molecular weight excluding hydrogens is 238 g/mol. The molecule has 5 heteroatoms. The van der Waals surface area contributed by atoms with Gasteiger partial charge in [-0.25, -0.2) is 0 Å². The predicted octanol–water partition coefficient (Wildman–Crippen LogP) is 3.75. The Morgan fingerprint density at radius 1 is 1.47 bits per heavy atom. The Bertz CT molecular complexity index is 376. The van der Waals surface area contributed by atoms with Crippen LogP contribution in [0.1, 0.15) is 57.7 Å². The van der Waals surface area contributed by atoms with Gasteiger partial charge in [0.25, 0.3) is 0 Å². The lowest BCUT2D eigenvalue weighted by Crippen LogP contribution is -2.31. The molecule has 96 valence electrons. The first kappa shape index (κ1) is 12.7. The van der Waals surface area contributed by atoms with E-state index in [0.29, 0.717) is 23.4 Å². The number of alkyl halides is 1. The average Bonchev–Trinajstić information content (AvgIpc) is 2.64. The third-order valence-electron chi connectivity index (χ3n) is 3.31. The molecule has 0 amide bonds. The van der Waals surface area contributed by atoms with Crippen molar-refractivity contribution < 1.29 is 4.42 Å². The van der Waals surface area contributed by atoms with E-state index in [0.717, 1.165) is 12.8 Å². The standard InChI is InChI=1S/C12H20ClN3O/c1-8(13)10-15-16-11(17-10)14-9-5-4-6-12(2,3)7-9/h8-9H,4-7H2,1-3H3,(H,14,16). The fourth-order valence-electron chi connectivity index (χ4n) is 2.45. The summed E-state index contributed by atoms with van der Waals surface area (Å²) >= 11 is 5.88. The van der Waals surface area contributed by atoms with Gasteiger partial charge in [-0.15, -0.1) is 16.7 Å². The maximum atomic E-state index is 5.88. The van der Waals surface area contributed by atoms with Crippen LogP contribution in [0.4, 0.5) is 6.01 Å². The lowest BCUT2D eigenvalue weighted by Gasteiger charge is -2.35. The second-order valence-corrected chi connectivity index (χ2v) is 6.32. The molecule has 0 spiro atoms. The minimum atomic E-state index is -0.235. The number of halogens is 1. The van der Waals surface area contributed by atoms with Gasteiger partial charge in [-0.1, -0.05) is 25.4 Å². The van der Waals surface area contributed by atoms with Crippen LogP contribution in [0.15, 0.2) is 4.42 Å². The number of nitrogens with zero attached hydrogens (tertiary/aromatic N) is 2. The maximum Gasteiger partial charge on any atom is 0.315 e. The quantitative estimate of drug-likeness (QED) is 0.838. The Morgan fingerprint density at radius 2 is 2.24 bits per heavy atom. The number of hydrogen-bond donors (Lipinski definition) is 1. The SMILES string of the molecule is CC(Cl)c1nnc(NC2CCCC(C)(C)C2)o1. The van der Waals surface area contributed by atoms with Gasteiger partial charge in [-0.2, -0.15) is 0 Å². The molecule has 1 saturated carbocycles. The molecule has 0 aromatic carbocycles. The van der Waals surface area contributed by atoms with Crippen molar-refractivity contribution in [1.29, 1.82) is 0 Å². The fourth-order valence-corrected chi connectivity index (χ4v) is 2.54. The summed E-state index contributed by atoms with van der Waals surface area (Å²) < 4.78 is 5.45. The fraction of sp³-hybridized carbons (Fsp3) is 0.833. The zero-order chi connectivity index (χ0) is 12.5. The minimum Gasteiger partial charge on any atom is -0.406 e. The van der Waals surface area contributed by atoms with Gasteiger partial charge in [0.05, 0.1) is 0 Å². The number of anilines is 1. The molecule has 2 unspecified atom stereocenters. The molecule has 1 aliphatic rings. The molecule has 0 aliphatic heterocycles. The van der Waals surface area contributed by atoms with Gasteiger partial charge < -0.3 is 9.73 Å². The minimum absolute atomic E-state index is 0.235. The second-order valence-electron chi connectivity index (χ2n) is 5.66. The number of nitrogens with one attached hydrogen (secondary N) is 1. The predicted molar refractivity (Wildman–Crippen MR) is 68.2 cm³/mol. The Labute approximate surface area is 107 Å². The summed E-state index contributed by atoms with van der Waals surface area (Å²) in [5.41, 5.74) is 0.401. The highest BCUT2D eigenvalue weighted by atomic mass is 35.5. The monoisotopic (exact) mass is 257 g/mol. The summed E-state index contributed by atoms with van der Waals surface area (Å²) in [6.45, 7) is 6.43. The molecule has 2 atom stereocenters. The zero-order valence-electron chi connectivity index (χ0n) is 10.7. The van der Waals surface area contributed by atoms with Gasteiger partial charge >= 0.3 is 6.01 Å². The molecule has 0 radical (unpaired) electrons. The third kappa shape index (κ3) is 3.35. The van der Waals surface area contributed by atoms with Crippen LogP contribution < -0.4 is 5.32 Å². The van der Waals surface area contributed by atoms with Crippen LogP contribution >= 0.6 is 11.6 Å². The van der Waals surface area contributed by atoms with E-state index >= 15 is 0 Å². The molecule has 1 aromatic rings. The number of hydrogen-bond acceptors (Lipinski definition) is 4.